The molecule has 0 spiro atoms. The number of amides is 1. The molecule has 2 heterocycles. The maximum atomic E-state index is 13.4. The maximum Gasteiger partial charge on any atom is 0.266 e. The van der Waals surface area contributed by atoms with Gasteiger partial charge < -0.3 is 5.32 Å². The van der Waals surface area contributed by atoms with Gasteiger partial charge in [-0.1, -0.05) is 47.1 Å². The molecule has 2 aromatic carbocycles. The van der Waals surface area contributed by atoms with Crippen LogP contribution in [0.5, 0.6) is 0 Å². The van der Waals surface area contributed by atoms with Crippen molar-refractivity contribution >= 4 is 57.5 Å². The van der Waals surface area contributed by atoms with E-state index in [9.17, 15) is 9.59 Å². The lowest BCUT2D eigenvalue weighted by molar-refractivity contribution is -0.113. The highest BCUT2D eigenvalue weighted by Gasteiger charge is 2.17. The summed E-state index contributed by atoms with van der Waals surface area (Å²) in [5, 5.41) is 4.26. The average molecular weight is 485 g/mol. The van der Waals surface area contributed by atoms with E-state index in [2.05, 4.69) is 15.3 Å². The fourth-order valence-corrected chi connectivity index (χ4v) is 4.36. The molecule has 9 heteroatoms. The Balaban J connectivity index is 1.75. The van der Waals surface area contributed by atoms with Crippen LogP contribution in [0.1, 0.15) is 11.1 Å². The Hall–Kier alpha value is -2.87. The number of anilines is 1. The van der Waals surface area contributed by atoms with Gasteiger partial charge in [-0.2, -0.15) is 0 Å². The number of hydrogen-bond acceptors (Lipinski definition) is 5. The SMILES string of the molecule is Cc1cccc(-n2c(SCC(=O)Nc3cccnc3Cl)nc3cc(Cl)ccc3c2=O)c1C. The number of rotatable bonds is 5. The lowest BCUT2D eigenvalue weighted by atomic mass is 10.1. The van der Waals surface area contributed by atoms with Crippen molar-refractivity contribution in [3.8, 4) is 5.69 Å². The second-order valence-electron chi connectivity index (χ2n) is 7.09. The van der Waals surface area contributed by atoms with E-state index in [1.54, 1.807) is 41.1 Å². The lowest BCUT2D eigenvalue weighted by Crippen LogP contribution is -2.23. The summed E-state index contributed by atoms with van der Waals surface area (Å²) in [4.78, 5) is 34.6. The topological polar surface area (TPSA) is 76.9 Å². The summed E-state index contributed by atoms with van der Waals surface area (Å²) in [6.45, 7) is 3.94. The summed E-state index contributed by atoms with van der Waals surface area (Å²) in [7, 11) is 0. The fourth-order valence-electron chi connectivity index (χ4n) is 3.22. The summed E-state index contributed by atoms with van der Waals surface area (Å²) in [6, 6.07) is 14.1. The van der Waals surface area contributed by atoms with Gasteiger partial charge >= 0.3 is 0 Å². The highest BCUT2D eigenvalue weighted by atomic mass is 35.5. The standard InChI is InChI=1S/C23H18Cl2N4O2S/c1-13-5-3-7-19(14(13)2)29-22(31)16-9-8-15(24)11-18(16)28-23(29)32-12-20(30)27-17-6-4-10-26-21(17)25/h3-11H,12H2,1-2H3,(H,27,30). The van der Waals surface area contributed by atoms with Gasteiger partial charge in [-0.15, -0.1) is 0 Å². The van der Waals surface area contributed by atoms with Crippen molar-refractivity contribution < 1.29 is 4.79 Å². The first-order valence-corrected chi connectivity index (χ1v) is 11.4. The average Bonchev–Trinajstić information content (AvgIpc) is 2.76. The predicted octanol–water partition coefficient (Wildman–Crippen LogP) is 5.44. The van der Waals surface area contributed by atoms with E-state index in [4.69, 9.17) is 23.2 Å². The van der Waals surface area contributed by atoms with Crippen molar-refractivity contribution in [2.24, 2.45) is 0 Å². The van der Waals surface area contributed by atoms with Crippen molar-refractivity contribution in [2.45, 2.75) is 19.0 Å². The van der Waals surface area contributed by atoms with Crippen LogP contribution in [-0.4, -0.2) is 26.2 Å². The van der Waals surface area contributed by atoms with Crippen LogP contribution in [0.25, 0.3) is 16.6 Å². The number of nitrogens with zero attached hydrogens (tertiary/aromatic N) is 3. The number of thioether (sulfide) groups is 1. The van der Waals surface area contributed by atoms with E-state index in [0.29, 0.717) is 26.8 Å². The third-order valence-corrected chi connectivity index (χ3v) is 6.46. The molecule has 4 rings (SSSR count). The minimum absolute atomic E-state index is 0.0224. The minimum Gasteiger partial charge on any atom is -0.323 e. The second-order valence-corrected chi connectivity index (χ2v) is 8.83. The number of carbonyl (C=O) groups excluding carboxylic acids is 1. The van der Waals surface area contributed by atoms with Crippen molar-refractivity contribution in [2.75, 3.05) is 11.1 Å². The van der Waals surface area contributed by atoms with Gasteiger partial charge in [0.1, 0.15) is 0 Å². The maximum absolute atomic E-state index is 13.4. The van der Waals surface area contributed by atoms with Crippen LogP contribution in [0.15, 0.2) is 64.7 Å². The first kappa shape index (κ1) is 22.3. The molecule has 1 N–H and O–H groups in total. The number of aryl methyl sites for hydroxylation is 1. The van der Waals surface area contributed by atoms with E-state index in [1.165, 1.54) is 0 Å². The Morgan fingerprint density at radius 1 is 1.12 bits per heavy atom. The van der Waals surface area contributed by atoms with Crippen molar-refractivity contribution in [3.63, 3.8) is 0 Å². The normalized spacial score (nSPS) is 11.0. The highest BCUT2D eigenvalue weighted by Crippen LogP contribution is 2.26. The Morgan fingerprint density at radius 2 is 1.94 bits per heavy atom. The van der Waals surface area contributed by atoms with E-state index < -0.39 is 0 Å². The molecule has 0 bridgehead atoms. The van der Waals surface area contributed by atoms with Crippen LogP contribution in [-0.2, 0) is 4.79 Å². The van der Waals surface area contributed by atoms with Crippen molar-refractivity contribution in [1.82, 2.24) is 14.5 Å². The van der Waals surface area contributed by atoms with Gasteiger partial charge in [-0.25, -0.2) is 9.97 Å². The summed E-state index contributed by atoms with van der Waals surface area (Å²) >= 11 is 13.3. The molecule has 4 aromatic rings. The second kappa shape index (κ2) is 9.32. The van der Waals surface area contributed by atoms with Gasteiger partial charge in [-0.05, 0) is 61.4 Å². The highest BCUT2D eigenvalue weighted by molar-refractivity contribution is 7.99. The van der Waals surface area contributed by atoms with E-state index in [0.717, 1.165) is 28.6 Å². The van der Waals surface area contributed by atoms with Gasteiger partial charge in [0, 0.05) is 11.2 Å². The quantitative estimate of drug-likeness (QED) is 0.232. The van der Waals surface area contributed by atoms with E-state index >= 15 is 0 Å². The van der Waals surface area contributed by atoms with Gasteiger partial charge in [0.15, 0.2) is 10.3 Å². The van der Waals surface area contributed by atoms with Crippen molar-refractivity contribution in [1.29, 1.82) is 0 Å². The number of pyridine rings is 1. The molecule has 0 aliphatic rings. The Kier molecular flexibility index (Phi) is 6.50. The number of hydrogen-bond donors (Lipinski definition) is 1. The number of aromatic nitrogens is 3. The summed E-state index contributed by atoms with van der Waals surface area (Å²) in [6.07, 6.45) is 1.54. The molecular weight excluding hydrogens is 467 g/mol. The first-order chi connectivity index (χ1) is 15.3. The minimum atomic E-state index is -0.294. The largest absolute Gasteiger partial charge is 0.323 e. The van der Waals surface area contributed by atoms with Crippen LogP contribution in [0, 0.1) is 13.8 Å². The summed E-state index contributed by atoms with van der Waals surface area (Å²) in [5.74, 6) is -0.271. The van der Waals surface area contributed by atoms with Crippen molar-refractivity contribution in [3.05, 3.63) is 86.4 Å². The lowest BCUT2D eigenvalue weighted by Gasteiger charge is -2.16. The molecule has 0 radical (unpaired) electrons. The van der Waals surface area contributed by atoms with Gasteiger partial charge in [0.05, 0.1) is 28.0 Å². The van der Waals surface area contributed by atoms with Crippen LogP contribution >= 0.6 is 35.0 Å². The van der Waals surface area contributed by atoms with Crippen LogP contribution in [0.3, 0.4) is 0 Å². The smallest absolute Gasteiger partial charge is 0.266 e. The molecule has 0 fully saturated rings. The Bertz CT molecular complexity index is 1400. The van der Waals surface area contributed by atoms with Gasteiger partial charge in [0.2, 0.25) is 5.91 Å². The molecule has 6 nitrogen and oxygen atoms in total. The summed E-state index contributed by atoms with van der Waals surface area (Å²) < 4.78 is 1.55. The van der Waals surface area contributed by atoms with Crippen LogP contribution < -0.4 is 10.9 Å². The molecule has 1 amide bonds. The molecule has 162 valence electrons. The van der Waals surface area contributed by atoms with E-state index in [1.807, 2.05) is 32.0 Å². The zero-order chi connectivity index (χ0) is 22.8. The molecule has 2 aromatic heterocycles. The molecule has 0 aliphatic heterocycles. The summed E-state index contributed by atoms with van der Waals surface area (Å²) in [5.41, 5.74) is 3.40. The molecule has 0 saturated carbocycles. The molecule has 0 saturated heterocycles. The molecule has 0 atom stereocenters. The monoisotopic (exact) mass is 484 g/mol. The Labute approximate surface area is 198 Å². The number of benzene rings is 2. The zero-order valence-electron chi connectivity index (χ0n) is 17.2. The molecule has 0 unspecified atom stereocenters. The fraction of sp³-hybridized carbons (Fsp3) is 0.130. The van der Waals surface area contributed by atoms with Gasteiger partial charge in [0.25, 0.3) is 5.56 Å². The third kappa shape index (κ3) is 4.50. The number of nitrogens with one attached hydrogen (secondary N) is 1. The zero-order valence-corrected chi connectivity index (χ0v) is 19.6. The third-order valence-electron chi connectivity index (χ3n) is 4.98. The van der Waals surface area contributed by atoms with Crippen LogP contribution in [0.2, 0.25) is 10.2 Å². The molecular formula is C23H18Cl2N4O2S. The number of carbonyl (C=O) groups is 1. The number of halogens is 2. The Morgan fingerprint density at radius 3 is 2.72 bits per heavy atom. The predicted molar refractivity (Wildman–Crippen MR) is 130 cm³/mol. The van der Waals surface area contributed by atoms with Gasteiger partial charge in [-0.3, -0.25) is 14.2 Å². The molecule has 0 aliphatic carbocycles. The van der Waals surface area contributed by atoms with E-state index in [-0.39, 0.29) is 22.4 Å². The number of fused-ring (bicyclic) bond motifs is 1. The first-order valence-electron chi connectivity index (χ1n) is 9.67. The molecule has 32 heavy (non-hydrogen) atoms. The van der Waals surface area contributed by atoms with Crippen LogP contribution in [0.4, 0.5) is 5.69 Å².